The first-order valence-electron chi connectivity index (χ1n) is 11.0. The molecule has 2 aromatic carbocycles. The molecule has 35 heavy (non-hydrogen) atoms. The summed E-state index contributed by atoms with van der Waals surface area (Å²) in [5.41, 5.74) is -0.111. The van der Waals surface area contributed by atoms with Crippen LogP contribution in [-0.2, 0) is 11.0 Å². The molecule has 1 saturated heterocycles. The number of piperazine rings is 1. The predicted molar refractivity (Wildman–Crippen MR) is 123 cm³/mol. The molecule has 6 nitrogen and oxygen atoms in total. The second-order valence-corrected chi connectivity index (χ2v) is 8.34. The third kappa shape index (κ3) is 5.71. The third-order valence-corrected chi connectivity index (χ3v) is 6.14. The van der Waals surface area contributed by atoms with Crippen LogP contribution in [0.2, 0.25) is 0 Å². The molecule has 1 unspecified atom stereocenters. The van der Waals surface area contributed by atoms with Crippen molar-refractivity contribution < 1.29 is 32.3 Å². The first-order valence-corrected chi connectivity index (χ1v) is 11.0. The van der Waals surface area contributed by atoms with Crippen LogP contribution < -0.4 is 10.2 Å². The van der Waals surface area contributed by atoms with Crippen molar-refractivity contribution in [2.45, 2.75) is 18.6 Å². The number of nitrogens with zero attached hydrogens (tertiary/aromatic N) is 2. The van der Waals surface area contributed by atoms with Crippen molar-refractivity contribution in [3.8, 4) is 0 Å². The number of nitrogens with one attached hydrogen (secondary N) is 1. The molecule has 184 valence electrons. The molecule has 1 heterocycles. The molecule has 10 heteroatoms. The molecule has 1 fully saturated rings. The van der Waals surface area contributed by atoms with E-state index in [-0.39, 0.29) is 17.2 Å². The van der Waals surface area contributed by atoms with Gasteiger partial charge in [0.15, 0.2) is 0 Å². The lowest BCUT2D eigenvalue weighted by molar-refractivity contribution is -0.137. The fourth-order valence-corrected chi connectivity index (χ4v) is 4.17. The maximum absolute atomic E-state index is 13.9. The number of carbonyl (C=O) groups excluding carboxylic acids is 1. The van der Waals surface area contributed by atoms with Crippen LogP contribution in [0.25, 0.3) is 0 Å². The van der Waals surface area contributed by atoms with Crippen molar-refractivity contribution >= 4 is 23.3 Å². The molecule has 0 aromatic heterocycles. The molecule has 1 aliphatic heterocycles. The summed E-state index contributed by atoms with van der Waals surface area (Å²) in [5.74, 6) is -2.58. The van der Waals surface area contributed by atoms with E-state index in [4.69, 9.17) is 5.11 Å². The van der Waals surface area contributed by atoms with Crippen LogP contribution in [0.4, 0.5) is 28.9 Å². The van der Waals surface area contributed by atoms with Gasteiger partial charge in [0.2, 0.25) is 0 Å². The van der Waals surface area contributed by atoms with Crippen LogP contribution in [0.5, 0.6) is 0 Å². The van der Waals surface area contributed by atoms with Crippen molar-refractivity contribution in [2.24, 2.45) is 0 Å². The number of carbonyl (C=O) groups is 2. The number of amides is 1. The van der Waals surface area contributed by atoms with Gasteiger partial charge in [-0.1, -0.05) is 18.2 Å². The Balaban J connectivity index is 1.31. The van der Waals surface area contributed by atoms with Crippen LogP contribution in [0.3, 0.4) is 0 Å². The molecular weight excluding hydrogens is 466 g/mol. The average Bonchev–Trinajstić information content (AvgIpc) is 2.85. The van der Waals surface area contributed by atoms with E-state index >= 15 is 0 Å². The van der Waals surface area contributed by atoms with Crippen LogP contribution in [-0.4, -0.2) is 54.1 Å². The maximum Gasteiger partial charge on any atom is 0.416 e. The largest absolute Gasteiger partial charge is 0.478 e. The molecule has 2 aliphatic rings. The van der Waals surface area contributed by atoms with E-state index in [0.29, 0.717) is 24.6 Å². The summed E-state index contributed by atoms with van der Waals surface area (Å²) in [5, 5.41) is 11.3. The Labute approximate surface area is 199 Å². The Morgan fingerprint density at radius 1 is 1.00 bits per heavy atom. The third-order valence-electron chi connectivity index (χ3n) is 6.14. The Morgan fingerprint density at radius 3 is 2.26 bits per heavy atom. The first kappa shape index (κ1) is 24.5. The minimum atomic E-state index is -4.64. The second kappa shape index (κ2) is 9.91. The molecule has 2 N–H and O–H groups in total. The van der Waals surface area contributed by atoms with Gasteiger partial charge in [0.05, 0.1) is 16.8 Å². The van der Waals surface area contributed by atoms with Crippen molar-refractivity contribution in [1.82, 2.24) is 4.90 Å². The summed E-state index contributed by atoms with van der Waals surface area (Å²) in [6.45, 7) is 3.03. The summed E-state index contributed by atoms with van der Waals surface area (Å²) in [6, 6.07) is 8.69. The molecule has 2 aromatic rings. The maximum atomic E-state index is 13.9. The van der Waals surface area contributed by atoms with Crippen LogP contribution >= 0.6 is 0 Å². The molecule has 4 rings (SSSR count). The minimum Gasteiger partial charge on any atom is -0.478 e. The van der Waals surface area contributed by atoms with Gasteiger partial charge in [0.1, 0.15) is 5.82 Å². The lowest BCUT2D eigenvalue weighted by atomic mass is 10.00. The number of carboxylic acids is 1. The van der Waals surface area contributed by atoms with Gasteiger partial charge in [-0.15, -0.1) is 0 Å². The van der Waals surface area contributed by atoms with E-state index in [0.717, 1.165) is 31.9 Å². The molecular formula is C25H23F4N3O3. The number of hydrogen-bond acceptors (Lipinski definition) is 4. The standard InChI is InChI=1S/C25H23F4N3O3/c26-21-10-5-18(25(27,28)29)15-22(21)30-23(33)16-1-6-19(7-2-16)31-11-13-32(14-12-31)20-8-3-17(4-9-20)24(34)35/h1-6,8-10,15,19H,7,11-14H2,(H,30,33)(H,34,35). The lowest BCUT2D eigenvalue weighted by Gasteiger charge is -2.39. The van der Waals surface area contributed by atoms with Gasteiger partial charge in [-0.3, -0.25) is 9.69 Å². The van der Waals surface area contributed by atoms with Crippen molar-refractivity contribution in [3.05, 3.63) is 83.2 Å². The molecule has 1 aliphatic carbocycles. The predicted octanol–water partition coefficient (Wildman–Crippen LogP) is 4.56. The van der Waals surface area contributed by atoms with Gasteiger partial charge in [-0.05, 0) is 48.9 Å². The van der Waals surface area contributed by atoms with Gasteiger partial charge in [0.25, 0.3) is 5.91 Å². The quantitative estimate of drug-likeness (QED) is 0.603. The normalized spacial score (nSPS) is 18.8. The van der Waals surface area contributed by atoms with E-state index in [9.17, 15) is 27.2 Å². The molecule has 0 saturated carbocycles. The Kier molecular flexibility index (Phi) is 6.93. The number of carboxylic acid groups (broad SMARTS) is 1. The topological polar surface area (TPSA) is 72.9 Å². The second-order valence-electron chi connectivity index (χ2n) is 8.34. The molecule has 1 amide bonds. The van der Waals surface area contributed by atoms with E-state index in [1.54, 1.807) is 36.4 Å². The van der Waals surface area contributed by atoms with E-state index in [1.165, 1.54) is 0 Å². The Morgan fingerprint density at radius 2 is 1.69 bits per heavy atom. The van der Waals surface area contributed by atoms with E-state index in [1.807, 2.05) is 6.08 Å². The molecule has 0 radical (unpaired) electrons. The van der Waals surface area contributed by atoms with Gasteiger partial charge in [-0.2, -0.15) is 13.2 Å². The summed E-state index contributed by atoms with van der Waals surface area (Å²) < 4.78 is 52.6. The van der Waals surface area contributed by atoms with Gasteiger partial charge >= 0.3 is 12.1 Å². The summed E-state index contributed by atoms with van der Waals surface area (Å²) in [6.07, 6.45) is 1.07. The highest BCUT2D eigenvalue weighted by molar-refractivity contribution is 6.06. The summed E-state index contributed by atoms with van der Waals surface area (Å²) in [4.78, 5) is 27.9. The SMILES string of the molecule is O=C(Nc1cc(C(F)(F)F)ccc1F)C1=CCC(N2CCN(c3ccc(C(=O)O)cc3)CC2)C=C1. The highest BCUT2D eigenvalue weighted by atomic mass is 19.4. The monoisotopic (exact) mass is 489 g/mol. The van der Waals surface area contributed by atoms with Gasteiger partial charge in [0, 0.05) is 43.5 Å². The number of aromatic carboxylic acids is 1. The zero-order chi connectivity index (χ0) is 25.2. The Hall–Kier alpha value is -3.66. The van der Waals surface area contributed by atoms with Crippen molar-refractivity contribution in [2.75, 3.05) is 36.4 Å². The van der Waals surface area contributed by atoms with Crippen LogP contribution in [0.1, 0.15) is 22.3 Å². The highest BCUT2D eigenvalue weighted by Crippen LogP contribution is 2.32. The minimum absolute atomic E-state index is 0.0633. The number of alkyl halides is 3. The lowest BCUT2D eigenvalue weighted by Crippen LogP contribution is -2.50. The average molecular weight is 489 g/mol. The fraction of sp³-hybridized carbons (Fsp3) is 0.280. The number of benzene rings is 2. The van der Waals surface area contributed by atoms with E-state index < -0.39 is 35.1 Å². The zero-order valence-corrected chi connectivity index (χ0v) is 18.6. The Bertz CT molecular complexity index is 1170. The number of hydrogen-bond donors (Lipinski definition) is 2. The number of rotatable bonds is 5. The first-order chi connectivity index (χ1) is 16.6. The number of anilines is 2. The van der Waals surface area contributed by atoms with Gasteiger partial charge < -0.3 is 15.3 Å². The van der Waals surface area contributed by atoms with Crippen LogP contribution in [0.15, 0.2) is 66.3 Å². The van der Waals surface area contributed by atoms with Gasteiger partial charge in [-0.25, -0.2) is 9.18 Å². The van der Waals surface area contributed by atoms with Crippen LogP contribution in [0, 0.1) is 5.82 Å². The summed E-state index contributed by atoms with van der Waals surface area (Å²) in [7, 11) is 0. The number of halogens is 4. The zero-order valence-electron chi connectivity index (χ0n) is 18.6. The molecule has 0 bridgehead atoms. The fourth-order valence-electron chi connectivity index (χ4n) is 4.17. The molecule has 1 atom stereocenters. The molecule has 0 spiro atoms. The smallest absolute Gasteiger partial charge is 0.416 e. The summed E-state index contributed by atoms with van der Waals surface area (Å²) >= 11 is 0. The van der Waals surface area contributed by atoms with Crippen molar-refractivity contribution in [1.29, 1.82) is 0 Å². The highest BCUT2D eigenvalue weighted by Gasteiger charge is 2.31. The van der Waals surface area contributed by atoms with Crippen molar-refractivity contribution in [3.63, 3.8) is 0 Å². The van der Waals surface area contributed by atoms with E-state index in [2.05, 4.69) is 15.1 Å².